The van der Waals surface area contributed by atoms with Crippen LogP contribution in [0.15, 0.2) is 0 Å². The quantitative estimate of drug-likeness (QED) is 0.839. The van der Waals surface area contributed by atoms with Crippen LogP contribution in [0, 0.1) is 6.92 Å². The van der Waals surface area contributed by atoms with Crippen LogP contribution in [-0.2, 0) is 24.1 Å². The zero-order valence-corrected chi connectivity index (χ0v) is 11.6. The molecule has 0 amide bonds. The van der Waals surface area contributed by atoms with Gasteiger partial charge in [0.2, 0.25) is 0 Å². The van der Waals surface area contributed by atoms with Crippen molar-refractivity contribution in [3.8, 4) is 0 Å². The number of hydrogen-bond acceptors (Lipinski definition) is 3. The van der Waals surface area contributed by atoms with E-state index in [0.717, 1.165) is 31.8 Å². The number of aryl methyl sites for hydroxylation is 2. The molecule has 4 heteroatoms. The Balaban J connectivity index is 2.02. The fourth-order valence-electron chi connectivity index (χ4n) is 2.81. The minimum Gasteiger partial charge on any atom is -0.377 e. The SMILES string of the molecule is CCOC(CN)CCn1c(C)nc2c1CCCC2. The third kappa shape index (κ3) is 2.93. The van der Waals surface area contributed by atoms with Crippen molar-refractivity contribution in [2.45, 2.75) is 58.6 Å². The Morgan fingerprint density at radius 1 is 1.39 bits per heavy atom. The first-order valence-electron chi connectivity index (χ1n) is 7.12. The van der Waals surface area contributed by atoms with Crippen molar-refractivity contribution in [3.05, 3.63) is 17.2 Å². The third-order valence-corrected chi connectivity index (χ3v) is 3.76. The molecule has 0 spiro atoms. The van der Waals surface area contributed by atoms with Gasteiger partial charge in [0.25, 0.3) is 0 Å². The van der Waals surface area contributed by atoms with Crippen molar-refractivity contribution in [2.24, 2.45) is 5.73 Å². The molecule has 0 saturated heterocycles. The van der Waals surface area contributed by atoms with Gasteiger partial charge in [-0.3, -0.25) is 0 Å². The monoisotopic (exact) mass is 251 g/mol. The van der Waals surface area contributed by atoms with Crippen molar-refractivity contribution in [2.75, 3.05) is 13.2 Å². The smallest absolute Gasteiger partial charge is 0.106 e. The number of aromatic nitrogens is 2. The lowest BCUT2D eigenvalue weighted by Crippen LogP contribution is -2.26. The maximum absolute atomic E-state index is 5.72. The molecule has 0 saturated carbocycles. The second kappa shape index (κ2) is 6.34. The lowest BCUT2D eigenvalue weighted by Gasteiger charge is -2.18. The van der Waals surface area contributed by atoms with E-state index in [-0.39, 0.29) is 6.10 Å². The molecule has 18 heavy (non-hydrogen) atoms. The van der Waals surface area contributed by atoms with Gasteiger partial charge in [0.05, 0.1) is 11.8 Å². The summed E-state index contributed by atoms with van der Waals surface area (Å²) < 4.78 is 7.99. The molecule has 0 aliphatic heterocycles. The highest BCUT2D eigenvalue weighted by atomic mass is 16.5. The summed E-state index contributed by atoms with van der Waals surface area (Å²) in [5.41, 5.74) is 8.49. The van der Waals surface area contributed by atoms with Crippen LogP contribution in [0.1, 0.15) is 43.4 Å². The summed E-state index contributed by atoms with van der Waals surface area (Å²) in [4.78, 5) is 4.69. The van der Waals surface area contributed by atoms with Gasteiger partial charge in [0.1, 0.15) is 5.82 Å². The van der Waals surface area contributed by atoms with E-state index in [0.29, 0.717) is 6.54 Å². The van der Waals surface area contributed by atoms with E-state index in [9.17, 15) is 0 Å². The van der Waals surface area contributed by atoms with Gasteiger partial charge in [-0.05, 0) is 46.0 Å². The minimum atomic E-state index is 0.177. The largest absolute Gasteiger partial charge is 0.377 e. The van der Waals surface area contributed by atoms with Gasteiger partial charge >= 0.3 is 0 Å². The number of hydrogen-bond donors (Lipinski definition) is 1. The zero-order chi connectivity index (χ0) is 13.0. The van der Waals surface area contributed by atoms with Crippen LogP contribution in [0.3, 0.4) is 0 Å². The predicted octanol–water partition coefficient (Wildman–Crippen LogP) is 1.82. The second-order valence-electron chi connectivity index (χ2n) is 5.01. The van der Waals surface area contributed by atoms with Gasteiger partial charge in [-0.15, -0.1) is 0 Å². The number of nitrogens with zero attached hydrogens (tertiary/aromatic N) is 2. The molecule has 2 N–H and O–H groups in total. The molecule has 0 aromatic carbocycles. The first-order valence-corrected chi connectivity index (χ1v) is 7.12. The first-order chi connectivity index (χ1) is 8.76. The molecule has 1 atom stereocenters. The third-order valence-electron chi connectivity index (χ3n) is 3.76. The van der Waals surface area contributed by atoms with E-state index in [1.807, 2.05) is 6.92 Å². The first kappa shape index (κ1) is 13.6. The molecular weight excluding hydrogens is 226 g/mol. The summed E-state index contributed by atoms with van der Waals surface area (Å²) in [6, 6.07) is 0. The molecule has 4 nitrogen and oxygen atoms in total. The zero-order valence-electron chi connectivity index (χ0n) is 11.6. The van der Waals surface area contributed by atoms with Crippen molar-refractivity contribution < 1.29 is 4.74 Å². The number of imidazole rings is 1. The number of ether oxygens (including phenoxy) is 1. The minimum absolute atomic E-state index is 0.177. The molecule has 1 aromatic heterocycles. The maximum atomic E-state index is 5.72. The van der Waals surface area contributed by atoms with E-state index < -0.39 is 0 Å². The predicted molar refractivity (Wildman–Crippen MR) is 72.7 cm³/mol. The summed E-state index contributed by atoms with van der Waals surface area (Å²) in [7, 11) is 0. The number of nitrogens with two attached hydrogens (primary N) is 1. The van der Waals surface area contributed by atoms with Crippen molar-refractivity contribution in [1.29, 1.82) is 0 Å². The Morgan fingerprint density at radius 2 is 2.17 bits per heavy atom. The average Bonchev–Trinajstić information content (AvgIpc) is 2.70. The van der Waals surface area contributed by atoms with Crippen LogP contribution in [-0.4, -0.2) is 28.8 Å². The lowest BCUT2D eigenvalue weighted by molar-refractivity contribution is 0.0596. The molecule has 102 valence electrons. The van der Waals surface area contributed by atoms with Gasteiger partial charge in [-0.2, -0.15) is 0 Å². The summed E-state index contributed by atoms with van der Waals surface area (Å²) in [5, 5.41) is 0. The normalized spacial score (nSPS) is 16.6. The van der Waals surface area contributed by atoms with E-state index in [1.54, 1.807) is 0 Å². The Labute approximate surface area is 110 Å². The second-order valence-corrected chi connectivity index (χ2v) is 5.01. The Morgan fingerprint density at radius 3 is 2.89 bits per heavy atom. The molecule has 0 bridgehead atoms. The molecular formula is C14H25N3O. The van der Waals surface area contributed by atoms with Crippen molar-refractivity contribution >= 4 is 0 Å². The fraction of sp³-hybridized carbons (Fsp3) is 0.786. The van der Waals surface area contributed by atoms with E-state index in [1.165, 1.54) is 30.7 Å². The highest BCUT2D eigenvalue weighted by Crippen LogP contribution is 2.22. The van der Waals surface area contributed by atoms with Crippen LogP contribution in [0.2, 0.25) is 0 Å². The topological polar surface area (TPSA) is 53.1 Å². The lowest BCUT2D eigenvalue weighted by atomic mass is 10.0. The van der Waals surface area contributed by atoms with Crippen LogP contribution in [0.4, 0.5) is 0 Å². The van der Waals surface area contributed by atoms with Crippen LogP contribution in [0.5, 0.6) is 0 Å². The van der Waals surface area contributed by atoms with Gasteiger partial charge in [0, 0.05) is 25.4 Å². The molecule has 1 heterocycles. The molecule has 1 aliphatic rings. The van der Waals surface area contributed by atoms with E-state index >= 15 is 0 Å². The van der Waals surface area contributed by atoms with Gasteiger partial charge in [-0.1, -0.05) is 0 Å². The van der Waals surface area contributed by atoms with Crippen molar-refractivity contribution in [3.63, 3.8) is 0 Å². The average molecular weight is 251 g/mol. The van der Waals surface area contributed by atoms with E-state index in [4.69, 9.17) is 15.5 Å². The standard InChI is InChI=1S/C14H25N3O/c1-3-18-12(10-15)8-9-17-11(2)16-13-6-4-5-7-14(13)17/h12H,3-10,15H2,1-2H3. The van der Waals surface area contributed by atoms with Gasteiger partial charge < -0.3 is 15.0 Å². The fourth-order valence-corrected chi connectivity index (χ4v) is 2.81. The molecule has 0 fully saturated rings. The Kier molecular flexibility index (Phi) is 4.78. The summed E-state index contributed by atoms with van der Waals surface area (Å²) in [5.74, 6) is 1.15. The van der Waals surface area contributed by atoms with E-state index in [2.05, 4.69) is 11.5 Å². The van der Waals surface area contributed by atoms with Gasteiger partial charge in [-0.25, -0.2) is 4.98 Å². The molecule has 1 aliphatic carbocycles. The highest BCUT2D eigenvalue weighted by molar-refractivity contribution is 5.19. The van der Waals surface area contributed by atoms with Crippen molar-refractivity contribution in [1.82, 2.24) is 9.55 Å². The number of fused-ring (bicyclic) bond motifs is 1. The molecule has 2 rings (SSSR count). The van der Waals surface area contributed by atoms with Crippen LogP contribution < -0.4 is 5.73 Å². The molecule has 0 radical (unpaired) electrons. The maximum Gasteiger partial charge on any atom is 0.106 e. The van der Waals surface area contributed by atoms with Gasteiger partial charge in [0.15, 0.2) is 0 Å². The molecule has 1 unspecified atom stereocenters. The highest BCUT2D eigenvalue weighted by Gasteiger charge is 2.18. The Bertz CT molecular complexity index is 387. The Hall–Kier alpha value is -0.870. The molecule has 1 aromatic rings. The summed E-state index contributed by atoms with van der Waals surface area (Å²) >= 11 is 0. The summed E-state index contributed by atoms with van der Waals surface area (Å²) in [6.07, 6.45) is 6.06. The van der Waals surface area contributed by atoms with Crippen LogP contribution >= 0.6 is 0 Å². The number of rotatable bonds is 6. The van der Waals surface area contributed by atoms with Crippen LogP contribution in [0.25, 0.3) is 0 Å². The summed E-state index contributed by atoms with van der Waals surface area (Å²) in [6.45, 7) is 6.45.